The fraction of sp³-hybridized carbons (Fsp3) is 0.611. The number of aromatic nitrogens is 1. The van der Waals surface area contributed by atoms with Crippen molar-refractivity contribution in [2.24, 2.45) is 5.92 Å². The van der Waals surface area contributed by atoms with Crippen LogP contribution in [0.25, 0.3) is 10.2 Å². The molecule has 1 aromatic carbocycles. The van der Waals surface area contributed by atoms with Crippen molar-refractivity contribution in [3.05, 3.63) is 18.2 Å². The summed E-state index contributed by atoms with van der Waals surface area (Å²) in [7, 11) is 0.355. The third-order valence-corrected chi connectivity index (χ3v) is 8.78. The molecule has 0 amide bonds. The van der Waals surface area contributed by atoms with Crippen LogP contribution >= 0.6 is 11.3 Å². The fourth-order valence-electron chi connectivity index (χ4n) is 3.55. The lowest BCUT2D eigenvalue weighted by atomic mass is 9.97. The van der Waals surface area contributed by atoms with Crippen LogP contribution in [0, 0.1) is 5.92 Å². The van der Waals surface area contributed by atoms with Crippen LogP contribution in [0.1, 0.15) is 25.7 Å². The Morgan fingerprint density at radius 2 is 2.00 bits per heavy atom. The van der Waals surface area contributed by atoms with Crippen LogP contribution in [0.5, 0.6) is 5.75 Å². The number of rotatable bonds is 6. The Bertz CT molecular complexity index is 884. The molecule has 1 aliphatic heterocycles. The summed E-state index contributed by atoms with van der Waals surface area (Å²) in [6.07, 6.45) is 3.66. The summed E-state index contributed by atoms with van der Waals surface area (Å²) in [6, 6.07) is 5.97. The number of fused-ring (bicyclic) bond motifs is 1. The first-order valence-corrected chi connectivity index (χ1v) is 11.4. The molecule has 1 saturated carbocycles. The van der Waals surface area contributed by atoms with Crippen molar-refractivity contribution in [3.63, 3.8) is 0 Å². The number of nitrogens with zero attached hydrogens (tertiary/aromatic N) is 3. The van der Waals surface area contributed by atoms with Crippen molar-refractivity contribution in [3.8, 4) is 5.75 Å². The maximum Gasteiger partial charge on any atom is 0.216 e. The van der Waals surface area contributed by atoms with Gasteiger partial charge in [-0.05, 0) is 49.8 Å². The van der Waals surface area contributed by atoms with Gasteiger partial charge in [0.05, 0.1) is 22.6 Å². The quantitative estimate of drug-likeness (QED) is 0.752. The van der Waals surface area contributed by atoms with Crippen molar-refractivity contribution in [1.29, 1.82) is 0 Å². The molecule has 1 aliphatic carbocycles. The van der Waals surface area contributed by atoms with Gasteiger partial charge in [0.25, 0.3) is 0 Å². The molecule has 6 nitrogen and oxygen atoms in total. The number of hydrogen-bond acceptors (Lipinski definition) is 6. The number of sulfonamides is 1. The minimum absolute atomic E-state index is 0.118. The predicted octanol–water partition coefficient (Wildman–Crippen LogP) is 2.95. The van der Waals surface area contributed by atoms with E-state index in [2.05, 4.69) is 4.90 Å². The molecule has 0 N–H and O–H groups in total. The van der Waals surface area contributed by atoms with Crippen molar-refractivity contribution >= 4 is 36.7 Å². The molecule has 0 unspecified atom stereocenters. The van der Waals surface area contributed by atoms with Gasteiger partial charge in [-0.2, -0.15) is 0 Å². The molecule has 2 fully saturated rings. The number of benzene rings is 1. The zero-order valence-electron chi connectivity index (χ0n) is 15.2. The van der Waals surface area contributed by atoms with Crippen LogP contribution in [-0.4, -0.2) is 56.7 Å². The highest BCUT2D eigenvalue weighted by atomic mass is 32.2. The monoisotopic (exact) mass is 395 g/mol. The Morgan fingerprint density at radius 3 is 2.65 bits per heavy atom. The molecule has 2 heterocycles. The molecular weight excluding hydrogens is 370 g/mol. The van der Waals surface area contributed by atoms with E-state index in [-0.39, 0.29) is 5.25 Å². The van der Waals surface area contributed by atoms with Crippen molar-refractivity contribution in [1.82, 2.24) is 9.29 Å². The standard InChI is InChI=1S/C18H25N3O3S2/c1-20(26(22,23)15-4-5-15)12-13-7-9-21(10-8-13)18-19-16-6-3-14(24-2)11-17(16)25-18/h3,6,11,13,15H,4-5,7-10,12H2,1-2H3. The number of ether oxygens (including phenoxy) is 1. The highest BCUT2D eigenvalue weighted by Gasteiger charge is 2.39. The van der Waals surface area contributed by atoms with Crippen LogP contribution in [0.4, 0.5) is 5.13 Å². The first kappa shape index (κ1) is 18.0. The minimum Gasteiger partial charge on any atom is -0.497 e. The third kappa shape index (κ3) is 3.54. The third-order valence-electron chi connectivity index (χ3n) is 5.36. The van der Waals surface area contributed by atoms with Crippen molar-refractivity contribution in [2.75, 3.05) is 38.7 Å². The van der Waals surface area contributed by atoms with E-state index in [9.17, 15) is 8.42 Å². The minimum atomic E-state index is -3.06. The smallest absolute Gasteiger partial charge is 0.216 e. The van der Waals surface area contributed by atoms with Crippen LogP contribution in [0.3, 0.4) is 0 Å². The molecule has 0 bridgehead atoms. The van der Waals surface area contributed by atoms with Gasteiger partial charge in [-0.1, -0.05) is 11.3 Å². The van der Waals surface area contributed by atoms with E-state index in [4.69, 9.17) is 9.72 Å². The van der Waals surface area contributed by atoms with Gasteiger partial charge in [0.1, 0.15) is 5.75 Å². The maximum atomic E-state index is 12.3. The lowest BCUT2D eigenvalue weighted by Gasteiger charge is -2.33. The number of piperidine rings is 1. The Balaban J connectivity index is 1.37. The van der Waals surface area contributed by atoms with Gasteiger partial charge < -0.3 is 9.64 Å². The second-order valence-electron chi connectivity index (χ2n) is 7.29. The largest absolute Gasteiger partial charge is 0.497 e. The van der Waals surface area contributed by atoms with Gasteiger partial charge in [-0.15, -0.1) is 0 Å². The van der Waals surface area contributed by atoms with Crippen LogP contribution < -0.4 is 9.64 Å². The summed E-state index contributed by atoms with van der Waals surface area (Å²) < 4.78 is 32.6. The van der Waals surface area contributed by atoms with Gasteiger partial charge in [-0.25, -0.2) is 17.7 Å². The Kier molecular flexibility index (Phi) is 4.83. The second-order valence-corrected chi connectivity index (χ2v) is 10.6. The second kappa shape index (κ2) is 6.98. The molecule has 1 saturated heterocycles. The molecule has 26 heavy (non-hydrogen) atoms. The normalized spacial score (nSPS) is 19.4. The highest BCUT2D eigenvalue weighted by Crippen LogP contribution is 2.34. The number of thiazole rings is 1. The van der Waals surface area contributed by atoms with Gasteiger partial charge in [0.2, 0.25) is 10.0 Å². The van der Waals surface area contributed by atoms with Gasteiger partial charge in [-0.3, -0.25) is 0 Å². The van der Waals surface area contributed by atoms with Crippen molar-refractivity contribution in [2.45, 2.75) is 30.9 Å². The molecule has 2 aliphatic rings. The van der Waals surface area contributed by atoms with Gasteiger partial charge in [0.15, 0.2) is 5.13 Å². The molecule has 0 atom stereocenters. The predicted molar refractivity (Wildman–Crippen MR) is 106 cm³/mol. The van der Waals surface area contributed by atoms with E-state index in [1.54, 1.807) is 29.8 Å². The highest BCUT2D eigenvalue weighted by molar-refractivity contribution is 7.90. The van der Waals surface area contributed by atoms with Crippen molar-refractivity contribution < 1.29 is 13.2 Å². The summed E-state index contributed by atoms with van der Waals surface area (Å²) in [5, 5.41) is 0.929. The Morgan fingerprint density at radius 1 is 1.27 bits per heavy atom. The molecule has 142 valence electrons. The molecule has 8 heteroatoms. The van der Waals surface area contributed by atoms with E-state index in [0.29, 0.717) is 12.5 Å². The Hall–Kier alpha value is -1.38. The molecule has 1 aromatic heterocycles. The Labute approximate surface area is 158 Å². The summed E-state index contributed by atoms with van der Waals surface area (Å²) in [5.41, 5.74) is 1.00. The summed E-state index contributed by atoms with van der Waals surface area (Å²) in [6.45, 7) is 2.50. The average molecular weight is 396 g/mol. The maximum absolute atomic E-state index is 12.3. The molecule has 0 spiro atoms. The van der Waals surface area contributed by atoms with E-state index in [0.717, 1.165) is 59.9 Å². The molecule has 2 aromatic rings. The summed E-state index contributed by atoms with van der Waals surface area (Å²) in [4.78, 5) is 7.07. The van der Waals surface area contributed by atoms with E-state index >= 15 is 0 Å². The molecule has 0 radical (unpaired) electrons. The SMILES string of the molecule is COc1ccc2nc(N3CCC(CN(C)S(=O)(=O)C4CC4)CC3)sc2c1. The molecule has 4 rings (SSSR count). The zero-order valence-corrected chi connectivity index (χ0v) is 16.9. The lowest BCUT2D eigenvalue weighted by molar-refractivity contribution is 0.327. The van der Waals surface area contributed by atoms with Crippen LogP contribution in [-0.2, 0) is 10.0 Å². The van der Waals surface area contributed by atoms with Crippen LogP contribution in [0.15, 0.2) is 18.2 Å². The number of hydrogen-bond donors (Lipinski definition) is 0. The summed E-state index contributed by atoms with van der Waals surface area (Å²) in [5.74, 6) is 1.28. The summed E-state index contributed by atoms with van der Waals surface area (Å²) >= 11 is 1.69. The van der Waals surface area contributed by atoms with Crippen LogP contribution in [0.2, 0.25) is 0 Å². The number of anilines is 1. The van der Waals surface area contributed by atoms with E-state index in [1.165, 1.54) is 0 Å². The van der Waals surface area contributed by atoms with Gasteiger partial charge >= 0.3 is 0 Å². The van der Waals surface area contributed by atoms with Gasteiger partial charge in [0, 0.05) is 26.7 Å². The van der Waals surface area contributed by atoms with E-state index in [1.807, 2.05) is 18.2 Å². The lowest BCUT2D eigenvalue weighted by Crippen LogP contribution is -2.40. The fourth-order valence-corrected chi connectivity index (χ4v) is 6.25. The topological polar surface area (TPSA) is 62.7 Å². The average Bonchev–Trinajstić information content (AvgIpc) is 3.42. The first-order chi connectivity index (χ1) is 12.5. The number of methoxy groups -OCH3 is 1. The first-order valence-electron chi connectivity index (χ1n) is 9.12. The van der Waals surface area contributed by atoms with E-state index < -0.39 is 10.0 Å². The molecular formula is C18H25N3O3S2. The zero-order chi connectivity index (χ0) is 18.3.